The zero-order valence-corrected chi connectivity index (χ0v) is 10.5. The highest BCUT2D eigenvalue weighted by Crippen LogP contribution is 2.19. The highest BCUT2D eigenvalue weighted by Gasteiger charge is 2.10. The molecule has 0 saturated heterocycles. The molecule has 0 amide bonds. The number of hydrogen-bond donors (Lipinski definition) is 2. The first-order valence-electron chi connectivity index (χ1n) is 4.64. The summed E-state index contributed by atoms with van der Waals surface area (Å²) in [7, 11) is 0. The average Bonchev–Trinajstić information content (AvgIpc) is 2.67. The molecule has 3 N–H and O–H groups in total. The Hall–Kier alpha value is -1.47. The van der Waals surface area contributed by atoms with Gasteiger partial charge in [-0.05, 0) is 29.8 Å². The van der Waals surface area contributed by atoms with Crippen molar-refractivity contribution in [2.24, 2.45) is 5.84 Å². The molecule has 6 nitrogen and oxygen atoms in total. The lowest BCUT2D eigenvalue weighted by Gasteiger charge is -2.09. The third-order valence-electron chi connectivity index (χ3n) is 2.14. The van der Waals surface area contributed by atoms with Crippen molar-refractivity contribution in [1.82, 2.24) is 19.7 Å². The van der Waals surface area contributed by atoms with Gasteiger partial charge in [0.05, 0.1) is 10.7 Å². The molecule has 2 aromatic heterocycles. The number of aryl methyl sites for hydroxylation is 1. The maximum absolute atomic E-state index is 5.39. The fraction of sp³-hybridized carbons (Fsp3) is 0.222. The second-order valence-corrected chi connectivity index (χ2v) is 4.23. The van der Waals surface area contributed by atoms with E-state index in [1.165, 1.54) is 0 Å². The Morgan fingerprint density at radius 2 is 2.12 bits per heavy atom. The van der Waals surface area contributed by atoms with Crippen LogP contribution in [0.25, 0.3) is 5.82 Å². The maximum Gasteiger partial charge on any atom is 0.162 e. The lowest BCUT2D eigenvalue weighted by molar-refractivity contribution is 0.818. The van der Waals surface area contributed by atoms with Crippen molar-refractivity contribution in [3.63, 3.8) is 0 Å². The zero-order chi connectivity index (χ0) is 11.7. The van der Waals surface area contributed by atoms with Crippen LogP contribution < -0.4 is 11.3 Å². The van der Waals surface area contributed by atoms with Gasteiger partial charge in [0.25, 0.3) is 0 Å². The van der Waals surface area contributed by atoms with Crippen LogP contribution in [-0.4, -0.2) is 19.7 Å². The van der Waals surface area contributed by atoms with Gasteiger partial charge in [-0.15, -0.1) is 0 Å². The molecule has 2 rings (SSSR count). The van der Waals surface area contributed by atoms with Crippen LogP contribution in [0.3, 0.4) is 0 Å². The summed E-state index contributed by atoms with van der Waals surface area (Å²) in [4.78, 5) is 8.52. The molecule has 0 atom stereocenters. The van der Waals surface area contributed by atoms with E-state index < -0.39 is 0 Å². The average molecular weight is 283 g/mol. The van der Waals surface area contributed by atoms with E-state index in [1.807, 2.05) is 20.0 Å². The van der Waals surface area contributed by atoms with Crippen LogP contribution in [0.5, 0.6) is 0 Å². The molecule has 0 aromatic carbocycles. The molecule has 2 aromatic rings. The van der Waals surface area contributed by atoms with Crippen LogP contribution in [0, 0.1) is 13.8 Å². The summed E-state index contributed by atoms with van der Waals surface area (Å²) in [6, 6.07) is 0. The minimum atomic E-state index is 0.606. The molecule has 2 heterocycles. The number of nitrogen functional groups attached to an aromatic ring is 1. The summed E-state index contributed by atoms with van der Waals surface area (Å²) in [6.07, 6.45) is 3.53. The lowest BCUT2D eigenvalue weighted by atomic mass is 10.3. The van der Waals surface area contributed by atoms with Gasteiger partial charge in [-0.25, -0.2) is 20.5 Å². The molecule has 0 fully saturated rings. The van der Waals surface area contributed by atoms with Crippen molar-refractivity contribution in [2.45, 2.75) is 13.8 Å². The smallest absolute Gasteiger partial charge is 0.162 e. The number of aromatic nitrogens is 4. The largest absolute Gasteiger partial charge is 0.308 e. The molecule has 0 spiro atoms. The number of hydrazine groups is 1. The minimum absolute atomic E-state index is 0.606. The number of hydrogen-bond acceptors (Lipinski definition) is 5. The Kier molecular flexibility index (Phi) is 2.88. The van der Waals surface area contributed by atoms with E-state index in [0.29, 0.717) is 17.5 Å². The van der Waals surface area contributed by atoms with Crippen LogP contribution in [0.15, 0.2) is 16.9 Å². The summed E-state index contributed by atoms with van der Waals surface area (Å²) in [5, 5.41) is 4.17. The molecular weight excluding hydrogens is 272 g/mol. The van der Waals surface area contributed by atoms with Gasteiger partial charge in [0, 0.05) is 11.8 Å². The van der Waals surface area contributed by atoms with Crippen molar-refractivity contribution >= 4 is 21.7 Å². The first-order chi connectivity index (χ1) is 7.61. The van der Waals surface area contributed by atoms with Gasteiger partial charge in [0.2, 0.25) is 0 Å². The molecular formula is C9H11BrN6. The van der Waals surface area contributed by atoms with Gasteiger partial charge >= 0.3 is 0 Å². The van der Waals surface area contributed by atoms with E-state index in [0.717, 1.165) is 10.0 Å². The molecule has 0 radical (unpaired) electrons. The molecule has 0 aliphatic heterocycles. The molecule has 0 aliphatic carbocycles. The van der Waals surface area contributed by atoms with Crippen LogP contribution in [-0.2, 0) is 0 Å². The summed E-state index contributed by atoms with van der Waals surface area (Å²) in [5.41, 5.74) is 3.40. The van der Waals surface area contributed by atoms with Crippen molar-refractivity contribution in [2.75, 3.05) is 5.43 Å². The van der Waals surface area contributed by atoms with E-state index in [4.69, 9.17) is 5.84 Å². The van der Waals surface area contributed by atoms with Crippen LogP contribution in [0.1, 0.15) is 11.4 Å². The highest BCUT2D eigenvalue weighted by molar-refractivity contribution is 9.10. The van der Waals surface area contributed by atoms with Crippen LogP contribution in [0.2, 0.25) is 0 Å². The zero-order valence-electron chi connectivity index (χ0n) is 8.90. The van der Waals surface area contributed by atoms with Gasteiger partial charge < -0.3 is 5.43 Å². The number of nitrogens with zero attached hydrogens (tertiary/aromatic N) is 4. The van der Waals surface area contributed by atoms with E-state index in [-0.39, 0.29) is 0 Å². The number of anilines is 1. The Morgan fingerprint density at radius 3 is 2.69 bits per heavy atom. The summed E-state index contributed by atoms with van der Waals surface area (Å²) in [6.45, 7) is 3.70. The number of rotatable bonds is 2. The summed E-state index contributed by atoms with van der Waals surface area (Å²) >= 11 is 3.34. The fourth-order valence-electron chi connectivity index (χ4n) is 1.39. The van der Waals surface area contributed by atoms with E-state index in [9.17, 15) is 0 Å². The molecule has 7 heteroatoms. The Labute approximate surface area is 101 Å². The summed E-state index contributed by atoms with van der Waals surface area (Å²) < 4.78 is 2.57. The Balaban J connectivity index is 2.60. The Bertz CT molecular complexity index is 521. The van der Waals surface area contributed by atoms with Gasteiger partial charge in [0.15, 0.2) is 5.82 Å². The SMILES string of the molecule is Cc1nc(NN)c(C)c(-n2cc(Br)cn2)n1. The van der Waals surface area contributed by atoms with Gasteiger partial charge in [0.1, 0.15) is 11.6 Å². The standard InChI is InChI=1S/C9H11BrN6/c1-5-8(15-11)13-6(2)14-9(5)16-4-7(10)3-12-16/h3-4H,11H2,1-2H3,(H,13,14,15). The van der Waals surface area contributed by atoms with Crippen molar-refractivity contribution in [1.29, 1.82) is 0 Å². The predicted octanol–water partition coefficient (Wildman–Crippen LogP) is 1.33. The second-order valence-electron chi connectivity index (χ2n) is 3.32. The molecule has 84 valence electrons. The third kappa shape index (κ3) is 1.91. The van der Waals surface area contributed by atoms with Crippen LogP contribution in [0.4, 0.5) is 5.82 Å². The van der Waals surface area contributed by atoms with Gasteiger partial charge in [-0.2, -0.15) is 5.10 Å². The fourth-order valence-corrected chi connectivity index (χ4v) is 1.68. The predicted molar refractivity (Wildman–Crippen MR) is 64.1 cm³/mol. The summed E-state index contributed by atoms with van der Waals surface area (Å²) in [5.74, 6) is 7.35. The monoisotopic (exact) mass is 282 g/mol. The van der Waals surface area contributed by atoms with Crippen molar-refractivity contribution in [3.8, 4) is 5.82 Å². The van der Waals surface area contributed by atoms with Gasteiger partial charge in [-0.3, -0.25) is 0 Å². The van der Waals surface area contributed by atoms with Gasteiger partial charge in [-0.1, -0.05) is 0 Å². The molecule has 0 unspecified atom stereocenters. The lowest BCUT2D eigenvalue weighted by Crippen LogP contribution is -2.14. The minimum Gasteiger partial charge on any atom is -0.308 e. The van der Waals surface area contributed by atoms with Crippen molar-refractivity contribution < 1.29 is 0 Å². The topological polar surface area (TPSA) is 81.6 Å². The Morgan fingerprint density at radius 1 is 1.38 bits per heavy atom. The normalized spacial score (nSPS) is 10.5. The second kappa shape index (κ2) is 4.18. The molecule has 16 heavy (non-hydrogen) atoms. The molecule has 0 aliphatic rings. The molecule has 0 bridgehead atoms. The molecule has 0 saturated carbocycles. The quantitative estimate of drug-likeness (QED) is 0.642. The van der Waals surface area contributed by atoms with E-state index in [1.54, 1.807) is 10.9 Å². The highest BCUT2D eigenvalue weighted by atomic mass is 79.9. The van der Waals surface area contributed by atoms with E-state index >= 15 is 0 Å². The van der Waals surface area contributed by atoms with Crippen LogP contribution >= 0.6 is 15.9 Å². The first kappa shape index (κ1) is 11.0. The number of nitrogens with one attached hydrogen (secondary N) is 1. The number of nitrogens with two attached hydrogens (primary N) is 1. The van der Waals surface area contributed by atoms with E-state index in [2.05, 4.69) is 36.4 Å². The first-order valence-corrected chi connectivity index (χ1v) is 5.43. The third-order valence-corrected chi connectivity index (χ3v) is 2.55. The number of halogens is 1. The maximum atomic E-state index is 5.39. The van der Waals surface area contributed by atoms with Crippen molar-refractivity contribution in [3.05, 3.63) is 28.3 Å².